The van der Waals surface area contributed by atoms with Gasteiger partial charge in [0.15, 0.2) is 0 Å². The van der Waals surface area contributed by atoms with Crippen molar-refractivity contribution in [2.24, 2.45) is 0 Å². The van der Waals surface area contributed by atoms with Crippen molar-refractivity contribution in [1.82, 2.24) is 15.8 Å². The number of nitrogens with zero attached hydrogens (tertiary/aromatic N) is 1. The largest absolute Gasteiger partial charge is 0.350 e. The van der Waals surface area contributed by atoms with Gasteiger partial charge in [0.05, 0.1) is 0 Å². The molecule has 23 heavy (non-hydrogen) atoms. The van der Waals surface area contributed by atoms with Crippen molar-refractivity contribution in [3.05, 3.63) is 47.2 Å². The predicted molar refractivity (Wildman–Crippen MR) is 92.9 cm³/mol. The molecule has 0 aromatic heterocycles. The van der Waals surface area contributed by atoms with E-state index in [4.69, 9.17) is 0 Å². The van der Waals surface area contributed by atoms with E-state index in [1.807, 2.05) is 32.0 Å². The van der Waals surface area contributed by atoms with Crippen molar-refractivity contribution in [3.8, 4) is 0 Å². The average Bonchev–Trinajstić information content (AvgIpc) is 2.86. The second-order valence-electron chi connectivity index (χ2n) is 7.71. The van der Waals surface area contributed by atoms with E-state index in [9.17, 15) is 4.79 Å². The number of hydrogen-bond donors (Lipinski definition) is 2. The summed E-state index contributed by atoms with van der Waals surface area (Å²) in [4.78, 5) is 13.0. The number of carbonyl (C=O) groups excluding carboxylic acids is 1. The summed E-state index contributed by atoms with van der Waals surface area (Å²) in [7, 11) is 1.93. The van der Waals surface area contributed by atoms with Crippen LogP contribution in [-0.2, 0) is 10.2 Å². The standard InChI is InChI=1S/C19H27N3O/c1-12-11-19(5,21-22(12)6)17(23)20-16-13(2)14-9-7-8-10-15(14)18(16,3)4/h7-11,13,16,21H,1-6H3,(H,20,23)/t13-,16?,19?/m0/s1. The first-order valence-corrected chi connectivity index (χ1v) is 8.28. The van der Waals surface area contributed by atoms with Crippen LogP contribution in [0.15, 0.2) is 36.0 Å². The Morgan fingerprint density at radius 2 is 1.91 bits per heavy atom. The van der Waals surface area contributed by atoms with E-state index in [1.54, 1.807) is 0 Å². The smallest absolute Gasteiger partial charge is 0.246 e. The highest BCUT2D eigenvalue weighted by Gasteiger charge is 2.47. The van der Waals surface area contributed by atoms with Crippen LogP contribution in [0.4, 0.5) is 0 Å². The van der Waals surface area contributed by atoms with Crippen LogP contribution in [-0.4, -0.2) is 29.5 Å². The highest BCUT2D eigenvalue weighted by molar-refractivity contribution is 5.89. The van der Waals surface area contributed by atoms with Crippen molar-refractivity contribution in [1.29, 1.82) is 0 Å². The Morgan fingerprint density at radius 3 is 2.48 bits per heavy atom. The molecule has 3 rings (SSSR count). The van der Waals surface area contributed by atoms with Gasteiger partial charge in [-0.15, -0.1) is 0 Å². The molecule has 0 fully saturated rings. The number of hydrazine groups is 1. The first-order valence-electron chi connectivity index (χ1n) is 8.28. The van der Waals surface area contributed by atoms with Gasteiger partial charge < -0.3 is 10.3 Å². The van der Waals surface area contributed by atoms with E-state index in [0.29, 0.717) is 5.92 Å². The summed E-state index contributed by atoms with van der Waals surface area (Å²) >= 11 is 0. The molecule has 2 unspecified atom stereocenters. The third-order valence-corrected chi connectivity index (χ3v) is 5.61. The molecule has 124 valence electrons. The van der Waals surface area contributed by atoms with Gasteiger partial charge in [-0.25, -0.2) is 5.43 Å². The van der Waals surface area contributed by atoms with Gasteiger partial charge in [0.1, 0.15) is 5.54 Å². The number of fused-ring (bicyclic) bond motifs is 1. The highest BCUT2D eigenvalue weighted by Crippen LogP contribution is 2.45. The van der Waals surface area contributed by atoms with Gasteiger partial charge in [-0.1, -0.05) is 45.0 Å². The quantitative estimate of drug-likeness (QED) is 0.882. The molecule has 3 atom stereocenters. The van der Waals surface area contributed by atoms with Gasteiger partial charge in [-0.2, -0.15) is 0 Å². The molecule has 2 aliphatic rings. The molecule has 0 saturated heterocycles. The first-order chi connectivity index (χ1) is 10.7. The Bertz CT molecular complexity index is 679. The molecule has 4 nitrogen and oxygen atoms in total. The van der Waals surface area contributed by atoms with E-state index in [2.05, 4.69) is 55.8 Å². The van der Waals surface area contributed by atoms with Gasteiger partial charge in [0, 0.05) is 30.1 Å². The molecule has 1 aliphatic carbocycles. The Balaban J connectivity index is 1.86. The number of carbonyl (C=O) groups is 1. The number of amides is 1. The minimum absolute atomic E-state index is 0.0268. The molecule has 0 spiro atoms. The average molecular weight is 313 g/mol. The maximum Gasteiger partial charge on any atom is 0.246 e. The summed E-state index contributed by atoms with van der Waals surface area (Å²) in [6.07, 6.45) is 1.99. The van der Waals surface area contributed by atoms with Crippen LogP contribution in [0.25, 0.3) is 0 Å². The second-order valence-corrected chi connectivity index (χ2v) is 7.71. The Labute approximate surface area is 138 Å². The molecule has 0 bridgehead atoms. The van der Waals surface area contributed by atoms with E-state index in [0.717, 1.165) is 5.70 Å². The normalized spacial score (nSPS) is 31.7. The molecule has 1 heterocycles. The number of nitrogens with one attached hydrogen (secondary N) is 2. The lowest BCUT2D eigenvalue weighted by Gasteiger charge is -2.34. The van der Waals surface area contributed by atoms with Crippen LogP contribution in [0.2, 0.25) is 0 Å². The Kier molecular flexibility index (Phi) is 3.56. The van der Waals surface area contributed by atoms with Gasteiger partial charge >= 0.3 is 0 Å². The van der Waals surface area contributed by atoms with Crippen LogP contribution in [0.3, 0.4) is 0 Å². The van der Waals surface area contributed by atoms with Crippen molar-refractivity contribution in [2.45, 2.75) is 57.5 Å². The fourth-order valence-electron chi connectivity index (χ4n) is 4.15. The molecule has 0 saturated carbocycles. The van der Waals surface area contributed by atoms with Crippen LogP contribution >= 0.6 is 0 Å². The summed E-state index contributed by atoms with van der Waals surface area (Å²) in [5.41, 5.74) is 6.22. The Hall–Kier alpha value is -1.81. The maximum absolute atomic E-state index is 13.0. The number of hydrogen-bond acceptors (Lipinski definition) is 3. The van der Waals surface area contributed by atoms with Crippen LogP contribution in [0, 0.1) is 0 Å². The first kappa shape index (κ1) is 16.1. The van der Waals surface area contributed by atoms with Crippen LogP contribution in [0.1, 0.15) is 51.7 Å². The van der Waals surface area contributed by atoms with E-state index in [1.165, 1.54) is 11.1 Å². The van der Waals surface area contributed by atoms with E-state index < -0.39 is 5.54 Å². The number of rotatable bonds is 2. The molecule has 1 aliphatic heterocycles. The molecule has 2 N–H and O–H groups in total. The fourth-order valence-corrected chi connectivity index (χ4v) is 4.15. The van der Waals surface area contributed by atoms with Crippen molar-refractivity contribution >= 4 is 5.91 Å². The third kappa shape index (κ3) is 2.36. The van der Waals surface area contributed by atoms with Gasteiger partial charge in [0.25, 0.3) is 0 Å². The lowest BCUT2D eigenvalue weighted by atomic mass is 9.81. The molecule has 1 aromatic carbocycles. The zero-order valence-electron chi connectivity index (χ0n) is 14.9. The fraction of sp³-hybridized carbons (Fsp3) is 0.526. The zero-order valence-corrected chi connectivity index (χ0v) is 14.9. The highest BCUT2D eigenvalue weighted by atomic mass is 16.2. The van der Waals surface area contributed by atoms with Gasteiger partial charge in [0.2, 0.25) is 5.91 Å². The summed E-state index contributed by atoms with van der Waals surface area (Å²) in [6.45, 7) is 10.6. The molecule has 1 amide bonds. The third-order valence-electron chi connectivity index (χ3n) is 5.61. The lowest BCUT2D eigenvalue weighted by Crippen LogP contribution is -2.58. The lowest BCUT2D eigenvalue weighted by molar-refractivity contribution is -0.127. The monoisotopic (exact) mass is 313 g/mol. The van der Waals surface area contributed by atoms with Gasteiger partial charge in [-0.3, -0.25) is 4.79 Å². The summed E-state index contributed by atoms with van der Waals surface area (Å²) in [5.74, 6) is 0.330. The molecule has 1 aromatic rings. The van der Waals surface area contributed by atoms with E-state index >= 15 is 0 Å². The van der Waals surface area contributed by atoms with Crippen LogP contribution < -0.4 is 10.7 Å². The summed E-state index contributed by atoms with van der Waals surface area (Å²) in [5, 5.41) is 5.22. The minimum atomic E-state index is -0.691. The topological polar surface area (TPSA) is 44.4 Å². The molecule has 4 heteroatoms. The Morgan fingerprint density at radius 1 is 1.26 bits per heavy atom. The zero-order chi connectivity index (χ0) is 17.0. The van der Waals surface area contributed by atoms with Crippen LogP contribution in [0.5, 0.6) is 0 Å². The van der Waals surface area contributed by atoms with Crippen molar-refractivity contribution in [3.63, 3.8) is 0 Å². The molecular weight excluding hydrogens is 286 g/mol. The molecule has 0 radical (unpaired) electrons. The van der Waals surface area contributed by atoms with Crippen molar-refractivity contribution < 1.29 is 4.79 Å². The summed E-state index contributed by atoms with van der Waals surface area (Å²) in [6, 6.07) is 8.62. The van der Waals surface area contributed by atoms with Gasteiger partial charge in [-0.05, 0) is 31.1 Å². The second kappa shape index (κ2) is 5.10. The van der Waals surface area contributed by atoms with Crippen molar-refractivity contribution in [2.75, 3.05) is 7.05 Å². The summed E-state index contributed by atoms with van der Waals surface area (Å²) < 4.78 is 0. The maximum atomic E-state index is 13.0. The SMILES string of the molecule is CC1=CC(C)(C(=O)NC2[C@@H](C)c3ccccc3C2(C)C)NN1C. The number of allylic oxidation sites excluding steroid dienone is 1. The predicted octanol–water partition coefficient (Wildman–Crippen LogP) is 2.68. The molecular formula is C19H27N3O. The minimum Gasteiger partial charge on any atom is -0.350 e. The van der Waals surface area contributed by atoms with E-state index in [-0.39, 0.29) is 17.4 Å². The number of benzene rings is 1.